The molecule has 0 saturated heterocycles. The van der Waals surface area contributed by atoms with Gasteiger partial charge in [-0.15, -0.1) is 0 Å². The second-order valence-corrected chi connectivity index (χ2v) is 6.23. The minimum atomic E-state index is -1.97. The Labute approximate surface area is 131 Å². The van der Waals surface area contributed by atoms with E-state index in [-0.39, 0.29) is 24.3 Å². The maximum atomic E-state index is 11.9. The van der Waals surface area contributed by atoms with E-state index in [0.29, 0.717) is 16.5 Å². The number of halogens is 2. The smallest absolute Gasteiger partial charge is 0.337 e. The van der Waals surface area contributed by atoms with E-state index in [1.54, 1.807) is 12.1 Å². The molecule has 5 nitrogen and oxygen atoms in total. The molecule has 3 atom stereocenters. The van der Waals surface area contributed by atoms with Crippen molar-refractivity contribution in [1.82, 2.24) is 5.32 Å². The van der Waals surface area contributed by atoms with E-state index in [2.05, 4.69) is 5.32 Å². The van der Waals surface area contributed by atoms with E-state index in [4.69, 9.17) is 28.3 Å². The lowest BCUT2D eigenvalue weighted by Gasteiger charge is -2.18. The van der Waals surface area contributed by atoms with Crippen LogP contribution in [0.2, 0.25) is 10.0 Å². The number of carbonyl (C=O) groups excluding carboxylic acids is 1. The van der Waals surface area contributed by atoms with Gasteiger partial charge in [-0.25, -0.2) is 4.79 Å². The summed E-state index contributed by atoms with van der Waals surface area (Å²) in [4.78, 5) is 22.7. The van der Waals surface area contributed by atoms with E-state index < -0.39 is 11.6 Å². The predicted octanol–water partition coefficient (Wildman–Crippen LogP) is 2.05. The van der Waals surface area contributed by atoms with Gasteiger partial charge in [0.05, 0.1) is 16.6 Å². The first kappa shape index (κ1) is 16.1. The highest BCUT2D eigenvalue weighted by Gasteiger charge is 2.44. The van der Waals surface area contributed by atoms with Crippen LogP contribution in [0.5, 0.6) is 0 Å². The number of aliphatic hydroxyl groups is 1. The Morgan fingerprint density at radius 1 is 1.38 bits per heavy atom. The first-order chi connectivity index (χ1) is 9.72. The average Bonchev–Trinajstić information content (AvgIpc) is 3.19. The van der Waals surface area contributed by atoms with Crippen LogP contribution in [-0.2, 0) is 9.59 Å². The molecule has 114 valence electrons. The highest BCUT2D eigenvalue weighted by molar-refractivity contribution is 6.42. The van der Waals surface area contributed by atoms with Crippen LogP contribution in [0.4, 0.5) is 0 Å². The van der Waals surface area contributed by atoms with Crippen molar-refractivity contribution < 1.29 is 19.8 Å². The van der Waals surface area contributed by atoms with Gasteiger partial charge in [-0.3, -0.25) is 4.79 Å². The molecular formula is C14H15Cl2NO4. The van der Waals surface area contributed by atoms with Gasteiger partial charge in [-0.05, 0) is 37.0 Å². The molecule has 0 bridgehead atoms. The quantitative estimate of drug-likeness (QED) is 0.770. The third-order valence-electron chi connectivity index (χ3n) is 3.57. The SMILES string of the molecule is CC(O)(CNC(=O)C1CC1c1ccc(Cl)c(Cl)c1)C(=O)O. The second kappa shape index (κ2) is 5.83. The van der Waals surface area contributed by atoms with Crippen LogP contribution in [-0.4, -0.2) is 34.2 Å². The van der Waals surface area contributed by atoms with E-state index in [1.807, 2.05) is 6.07 Å². The van der Waals surface area contributed by atoms with Crippen molar-refractivity contribution in [1.29, 1.82) is 0 Å². The van der Waals surface area contributed by atoms with Gasteiger partial charge >= 0.3 is 5.97 Å². The number of hydrogen-bond acceptors (Lipinski definition) is 3. The normalized spacial score (nSPS) is 23.2. The highest BCUT2D eigenvalue weighted by Crippen LogP contribution is 2.48. The summed E-state index contributed by atoms with van der Waals surface area (Å²) in [7, 11) is 0. The molecule has 1 aliphatic carbocycles. The van der Waals surface area contributed by atoms with Crippen LogP contribution in [0.25, 0.3) is 0 Å². The average molecular weight is 332 g/mol. The molecule has 0 spiro atoms. The molecule has 7 heteroatoms. The molecule has 0 aliphatic heterocycles. The van der Waals surface area contributed by atoms with Gasteiger partial charge in [-0.2, -0.15) is 0 Å². The number of carbonyl (C=O) groups is 2. The number of amides is 1. The first-order valence-electron chi connectivity index (χ1n) is 6.41. The number of rotatable bonds is 5. The molecule has 1 aliphatic rings. The molecule has 1 aromatic carbocycles. The van der Waals surface area contributed by atoms with Gasteiger partial charge in [0.1, 0.15) is 0 Å². The number of aliphatic carboxylic acids is 1. The molecule has 3 N–H and O–H groups in total. The number of benzene rings is 1. The Hall–Kier alpha value is -1.30. The summed E-state index contributed by atoms with van der Waals surface area (Å²) >= 11 is 11.8. The maximum Gasteiger partial charge on any atom is 0.337 e. The molecule has 3 unspecified atom stereocenters. The minimum Gasteiger partial charge on any atom is -0.479 e. The molecule has 1 aromatic rings. The molecule has 21 heavy (non-hydrogen) atoms. The summed E-state index contributed by atoms with van der Waals surface area (Å²) < 4.78 is 0. The Morgan fingerprint density at radius 3 is 2.62 bits per heavy atom. The largest absolute Gasteiger partial charge is 0.479 e. The van der Waals surface area contributed by atoms with E-state index in [0.717, 1.165) is 12.5 Å². The molecule has 0 aromatic heterocycles. The molecular weight excluding hydrogens is 317 g/mol. The van der Waals surface area contributed by atoms with Crippen molar-refractivity contribution in [3.63, 3.8) is 0 Å². The van der Waals surface area contributed by atoms with Crippen LogP contribution >= 0.6 is 23.2 Å². The molecule has 1 amide bonds. The van der Waals surface area contributed by atoms with Crippen LogP contribution < -0.4 is 5.32 Å². The first-order valence-corrected chi connectivity index (χ1v) is 7.16. The fourth-order valence-electron chi connectivity index (χ4n) is 2.06. The van der Waals surface area contributed by atoms with Gasteiger partial charge in [0.25, 0.3) is 0 Å². The van der Waals surface area contributed by atoms with Crippen molar-refractivity contribution in [3.05, 3.63) is 33.8 Å². The summed E-state index contributed by atoms with van der Waals surface area (Å²) in [6.07, 6.45) is 0.666. The molecule has 1 fully saturated rings. The van der Waals surface area contributed by atoms with Crippen LogP contribution in [0, 0.1) is 5.92 Å². The summed E-state index contributed by atoms with van der Waals surface area (Å²) in [5, 5.41) is 21.7. The monoisotopic (exact) mass is 331 g/mol. The number of nitrogens with one attached hydrogen (secondary N) is 1. The molecule has 2 rings (SSSR count). The number of carboxylic acid groups (broad SMARTS) is 1. The predicted molar refractivity (Wildman–Crippen MR) is 78.6 cm³/mol. The van der Waals surface area contributed by atoms with Gasteiger partial charge in [-0.1, -0.05) is 29.3 Å². The van der Waals surface area contributed by atoms with Crippen LogP contribution in [0.3, 0.4) is 0 Å². The highest BCUT2D eigenvalue weighted by atomic mass is 35.5. The Bertz CT molecular complexity index is 588. The van der Waals surface area contributed by atoms with Crippen LogP contribution in [0.1, 0.15) is 24.8 Å². The lowest BCUT2D eigenvalue weighted by Crippen LogP contribution is -2.47. The van der Waals surface area contributed by atoms with Gasteiger partial charge in [0.2, 0.25) is 5.91 Å². The van der Waals surface area contributed by atoms with Gasteiger partial charge < -0.3 is 15.5 Å². The number of hydrogen-bond donors (Lipinski definition) is 3. The fourth-order valence-corrected chi connectivity index (χ4v) is 2.37. The Balaban J connectivity index is 1.92. The zero-order chi connectivity index (χ0) is 15.8. The molecule has 1 saturated carbocycles. The van der Waals surface area contributed by atoms with Crippen molar-refractivity contribution in [3.8, 4) is 0 Å². The van der Waals surface area contributed by atoms with E-state index in [1.165, 1.54) is 0 Å². The minimum absolute atomic E-state index is 0.0505. The summed E-state index contributed by atoms with van der Waals surface area (Å²) in [5.74, 6) is -1.83. The summed E-state index contributed by atoms with van der Waals surface area (Å²) in [5.41, 5.74) is -1.04. The zero-order valence-electron chi connectivity index (χ0n) is 11.3. The fraction of sp³-hybridized carbons (Fsp3) is 0.429. The lowest BCUT2D eigenvalue weighted by atomic mass is 10.1. The summed E-state index contributed by atoms with van der Waals surface area (Å²) in [6, 6.07) is 5.23. The van der Waals surface area contributed by atoms with Gasteiger partial charge in [0.15, 0.2) is 5.60 Å². The van der Waals surface area contributed by atoms with Crippen molar-refractivity contribution >= 4 is 35.1 Å². The maximum absolute atomic E-state index is 11.9. The van der Waals surface area contributed by atoms with Crippen molar-refractivity contribution in [2.45, 2.75) is 24.9 Å². The topological polar surface area (TPSA) is 86.6 Å². The Morgan fingerprint density at radius 2 is 2.05 bits per heavy atom. The van der Waals surface area contributed by atoms with E-state index in [9.17, 15) is 14.7 Å². The lowest BCUT2D eigenvalue weighted by molar-refractivity contribution is -0.156. The summed E-state index contributed by atoms with van der Waals surface area (Å²) in [6.45, 7) is 0.810. The standard InChI is InChI=1S/C14H15Cl2NO4/c1-14(21,13(19)20)6-17-12(18)9-5-8(9)7-2-3-10(15)11(16)4-7/h2-4,8-9,21H,5-6H2,1H3,(H,17,18)(H,19,20). The Kier molecular flexibility index (Phi) is 4.46. The second-order valence-electron chi connectivity index (χ2n) is 5.42. The third-order valence-corrected chi connectivity index (χ3v) is 4.31. The molecule has 0 radical (unpaired) electrons. The molecule has 0 heterocycles. The number of carboxylic acids is 1. The van der Waals surface area contributed by atoms with E-state index >= 15 is 0 Å². The van der Waals surface area contributed by atoms with Crippen LogP contribution in [0.15, 0.2) is 18.2 Å². The third kappa shape index (κ3) is 3.67. The zero-order valence-corrected chi connectivity index (χ0v) is 12.8. The van der Waals surface area contributed by atoms with Gasteiger partial charge in [0, 0.05) is 5.92 Å². The van der Waals surface area contributed by atoms with Crippen molar-refractivity contribution in [2.24, 2.45) is 5.92 Å². The van der Waals surface area contributed by atoms with Crippen molar-refractivity contribution in [2.75, 3.05) is 6.54 Å².